The fourth-order valence-corrected chi connectivity index (χ4v) is 3.32. The van der Waals surface area contributed by atoms with Crippen LogP contribution >= 0.6 is 0 Å². The molecule has 142 valence electrons. The van der Waals surface area contributed by atoms with E-state index in [1.165, 1.54) is 0 Å². The van der Waals surface area contributed by atoms with Crippen molar-refractivity contribution in [1.29, 1.82) is 0 Å². The van der Waals surface area contributed by atoms with Gasteiger partial charge in [-0.2, -0.15) is 0 Å². The van der Waals surface area contributed by atoms with Crippen molar-refractivity contribution in [2.75, 3.05) is 53.0 Å². The van der Waals surface area contributed by atoms with E-state index >= 15 is 0 Å². The maximum absolute atomic E-state index is 12.5. The van der Waals surface area contributed by atoms with Crippen molar-refractivity contribution >= 4 is 11.8 Å². The molecule has 2 heterocycles. The molecule has 1 aromatic rings. The van der Waals surface area contributed by atoms with Gasteiger partial charge in [0.2, 0.25) is 11.8 Å². The molecule has 7 nitrogen and oxygen atoms in total. The second-order valence-corrected chi connectivity index (χ2v) is 6.64. The van der Waals surface area contributed by atoms with Gasteiger partial charge < -0.3 is 24.6 Å². The minimum absolute atomic E-state index is 0.0787. The third kappa shape index (κ3) is 4.74. The lowest BCUT2D eigenvalue weighted by Crippen LogP contribution is -2.57. The maximum atomic E-state index is 12.5. The minimum Gasteiger partial charge on any atom is -0.497 e. The molecule has 0 aliphatic carbocycles. The Kier molecular flexibility index (Phi) is 6.46. The summed E-state index contributed by atoms with van der Waals surface area (Å²) in [5.41, 5.74) is 1.12. The van der Waals surface area contributed by atoms with E-state index in [-0.39, 0.29) is 17.9 Å². The molecule has 2 aliphatic rings. The van der Waals surface area contributed by atoms with E-state index in [2.05, 4.69) is 5.32 Å². The van der Waals surface area contributed by atoms with Crippen LogP contribution in [0, 0.1) is 0 Å². The Labute approximate surface area is 154 Å². The second-order valence-electron chi connectivity index (χ2n) is 6.64. The highest BCUT2D eigenvalue weighted by atomic mass is 16.5. The number of aryl methyl sites for hydroxylation is 1. The summed E-state index contributed by atoms with van der Waals surface area (Å²) < 4.78 is 10.5. The van der Waals surface area contributed by atoms with Crippen LogP contribution in [0.5, 0.6) is 5.75 Å². The molecule has 0 bridgehead atoms. The molecule has 3 rings (SSSR count). The van der Waals surface area contributed by atoms with Crippen molar-refractivity contribution in [2.24, 2.45) is 0 Å². The summed E-state index contributed by atoms with van der Waals surface area (Å²) in [6.45, 7) is 4.17. The van der Waals surface area contributed by atoms with Crippen LogP contribution in [0.4, 0.5) is 0 Å². The number of methoxy groups -OCH3 is 1. The number of nitrogens with zero attached hydrogens (tertiary/aromatic N) is 2. The van der Waals surface area contributed by atoms with Crippen LogP contribution in [-0.2, 0) is 20.7 Å². The van der Waals surface area contributed by atoms with E-state index < -0.39 is 0 Å². The third-order valence-electron chi connectivity index (χ3n) is 4.95. The van der Waals surface area contributed by atoms with E-state index in [0.717, 1.165) is 11.3 Å². The molecule has 0 aromatic heterocycles. The summed E-state index contributed by atoms with van der Waals surface area (Å²) >= 11 is 0. The SMILES string of the molecule is COc1ccc(CCC(=O)N2CCN(C(=O)C3COCCN3)CC2)cc1. The second kappa shape index (κ2) is 9.00. The Morgan fingerprint density at radius 3 is 2.46 bits per heavy atom. The summed E-state index contributed by atoms with van der Waals surface area (Å²) in [5.74, 6) is 1.04. The van der Waals surface area contributed by atoms with Crippen molar-refractivity contribution in [3.8, 4) is 5.75 Å². The van der Waals surface area contributed by atoms with E-state index in [1.54, 1.807) is 7.11 Å². The van der Waals surface area contributed by atoms with Gasteiger partial charge in [-0.1, -0.05) is 12.1 Å². The first-order valence-electron chi connectivity index (χ1n) is 9.18. The van der Waals surface area contributed by atoms with Crippen LogP contribution in [0.15, 0.2) is 24.3 Å². The Balaban J connectivity index is 1.42. The van der Waals surface area contributed by atoms with Gasteiger partial charge in [-0.15, -0.1) is 0 Å². The van der Waals surface area contributed by atoms with Gasteiger partial charge in [-0.25, -0.2) is 0 Å². The average Bonchev–Trinajstić information content (AvgIpc) is 2.72. The number of ether oxygens (including phenoxy) is 2. The van der Waals surface area contributed by atoms with Gasteiger partial charge in [0, 0.05) is 39.1 Å². The molecule has 2 amide bonds. The fraction of sp³-hybridized carbons (Fsp3) is 0.579. The lowest BCUT2D eigenvalue weighted by Gasteiger charge is -2.37. The third-order valence-corrected chi connectivity index (χ3v) is 4.95. The number of hydrogen-bond donors (Lipinski definition) is 1. The smallest absolute Gasteiger partial charge is 0.242 e. The molecule has 1 aromatic carbocycles. The Morgan fingerprint density at radius 1 is 1.15 bits per heavy atom. The number of rotatable bonds is 5. The lowest BCUT2D eigenvalue weighted by atomic mass is 10.1. The van der Waals surface area contributed by atoms with Gasteiger partial charge in [0.05, 0.1) is 20.3 Å². The van der Waals surface area contributed by atoms with Gasteiger partial charge in [-0.05, 0) is 24.1 Å². The molecule has 1 N–H and O–H groups in total. The molecule has 1 unspecified atom stereocenters. The number of amides is 2. The van der Waals surface area contributed by atoms with Crippen LogP contribution in [0.2, 0.25) is 0 Å². The molecule has 2 fully saturated rings. The molecule has 0 spiro atoms. The highest BCUT2D eigenvalue weighted by molar-refractivity contribution is 5.83. The van der Waals surface area contributed by atoms with E-state index in [9.17, 15) is 9.59 Å². The van der Waals surface area contributed by atoms with Crippen LogP contribution in [0.1, 0.15) is 12.0 Å². The summed E-state index contributed by atoms with van der Waals surface area (Å²) in [6, 6.07) is 7.55. The van der Waals surface area contributed by atoms with Gasteiger partial charge in [0.1, 0.15) is 11.8 Å². The van der Waals surface area contributed by atoms with Crippen LogP contribution < -0.4 is 10.1 Å². The number of benzene rings is 1. The van der Waals surface area contributed by atoms with Gasteiger partial charge in [0.25, 0.3) is 0 Å². The minimum atomic E-state index is -0.249. The molecular formula is C19H27N3O4. The summed E-state index contributed by atoms with van der Waals surface area (Å²) in [7, 11) is 1.64. The van der Waals surface area contributed by atoms with Gasteiger partial charge in [0.15, 0.2) is 0 Å². The number of carbonyl (C=O) groups excluding carboxylic acids is 2. The molecular weight excluding hydrogens is 334 g/mol. The fourth-order valence-electron chi connectivity index (χ4n) is 3.32. The largest absolute Gasteiger partial charge is 0.497 e. The molecule has 1 atom stereocenters. The Morgan fingerprint density at radius 2 is 1.85 bits per heavy atom. The predicted octanol–water partition coefficient (Wildman–Crippen LogP) is 0.287. The predicted molar refractivity (Wildman–Crippen MR) is 97.1 cm³/mol. The van der Waals surface area contributed by atoms with Crippen LogP contribution in [0.3, 0.4) is 0 Å². The first kappa shape index (κ1) is 18.7. The van der Waals surface area contributed by atoms with Crippen molar-refractivity contribution in [3.05, 3.63) is 29.8 Å². The van der Waals surface area contributed by atoms with E-state index in [1.807, 2.05) is 34.1 Å². The molecule has 7 heteroatoms. The zero-order valence-electron chi connectivity index (χ0n) is 15.3. The molecule has 0 radical (unpaired) electrons. The van der Waals surface area contributed by atoms with Gasteiger partial charge >= 0.3 is 0 Å². The number of morpholine rings is 1. The average molecular weight is 361 g/mol. The summed E-state index contributed by atoms with van der Waals surface area (Å²) in [5, 5.41) is 3.19. The monoisotopic (exact) mass is 361 g/mol. The molecule has 26 heavy (non-hydrogen) atoms. The Bertz CT molecular complexity index is 606. The number of nitrogens with one attached hydrogen (secondary N) is 1. The van der Waals surface area contributed by atoms with E-state index in [4.69, 9.17) is 9.47 Å². The zero-order valence-corrected chi connectivity index (χ0v) is 15.3. The number of carbonyl (C=O) groups is 2. The molecule has 2 saturated heterocycles. The standard InChI is InChI=1S/C19H27N3O4/c1-25-16-5-2-15(3-6-16)4-7-18(23)21-9-11-22(12-10-21)19(24)17-14-26-13-8-20-17/h2-3,5-6,17,20H,4,7-14H2,1H3. The zero-order chi connectivity index (χ0) is 18.4. The number of hydrogen-bond acceptors (Lipinski definition) is 5. The van der Waals surface area contributed by atoms with Crippen molar-refractivity contribution < 1.29 is 19.1 Å². The van der Waals surface area contributed by atoms with Crippen molar-refractivity contribution in [2.45, 2.75) is 18.9 Å². The Hall–Kier alpha value is -2.12. The topological polar surface area (TPSA) is 71.1 Å². The van der Waals surface area contributed by atoms with Crippen molar-refractivity contribution in [3.63, 3.8) is 0 Å². The maximum Gasteiger partial charge on any atom is 0.242 e. The highest BCUT2D eigenvalue weighted by Gasteiger charge is 2.29. The highest BCUT2D eigenvalue weighted by Crippen LogP contribution is 2.14. The van der Waals surface area contributed by atoms with Crippen LogP contribution in [0.25, 0.3) is 0 Å². The quantitative estimate of drug-likeness (QED) is 0.816. The molecule has 2 aliphatic heterocycles. The first-order valence-corrected chi connectivity index (χ1v) is 9.18. The van der Waals surface area contributed by atoms with E-state index in [0.29, 0.717) is 58.8 Å². The normalized spacial score (nSPS) is 20.7. The summed E-state index contributed by atoms with van der Waals surface area (Å²) in [6.07, 6.45) is 1.20. The van der Waals surface area contributed by atoms with Crippen molar-refractivity contribution in [1.82, 2.24) is 15.1 Å². The lowest BCUT2D eigenvalue weighted by molar-refractivity contribution is -0.142. The summed E-state index contributed by atoms with van der Waals surface area (Å²) in [4.78, 5) is 28.6. The number of piperazine rings is 1. The van der Waals surface area contributed by atoms with Gasteiger partial charge in [-0.3, -0.25) is 9.59 Å². The molecule has 0 saturated carbocycles. The first-order chi connectivity index (χ1) is 12.7. The van der Waals surface area contributed by atoms with Crippen LogP contribution in [-0.4, -0.2) is 80.7 Å².